The van der Waals surface area contributed by atoms with Crippen molar-refractivity contribution < 1.29 is 0 Å². The van der Waals surface area contributed by atoms with E-state index in [1.54, 1.807) is 0 Å². The van der Waals surface area contributed by atoms with Crippen molar-refractivity contribution in [2.75, 3.05) is 13.1 Å². The summed E-state index contributed by atoms with van der Waals surface area (Å²) in [5, 5.41) is 3.72. The fourth-order valence-corrected chi connectivity index (χ4v) is 4.24. The number of likely N-dealkylation sites (tertiary alicyclic amines) is 1. The monoisotopic (exact) mass is 266 g/mol. The van der Waals surface area contributed by atoms with Gasteiger partial charge in [0.25, 0.3) is 0 Å². The molecule has 0 radical (unpaired) electrons. The van der Waals surface area contributed by atoms with Gasteiger partial charge in [0.15, 0.2) is 0 Å². The molecule has 5 atom stereocenters. The molecule has 2 fully saturated rings. The normalized spacial score (nSPS) is 41.4. The summed E-state index contributed by atoms with van der Waals surface area (Å²) in [5.74, 6) is 1.80. The molecule has 5 unspecified atom stereocenters. The van der Waals surface area contributed by atoms with E-state index in [9.17, 15) is 0 Å². The molecule has 0 spiro atoms. The van der Waals surface area contributed by atoms with E-state index in [1.807, 2.05) is 0 Å². The Kier molecular flexibility index (Phi) is 5.70. The Balaban J connectivity index is 1.88. The summed E-state index contributed by atoms with van der Waals surface area (Å²) < 4.78 is 0. The maximum atomic E-state index is 3.72. The maximum Gasteiger partial charge on any atom is 0.0126 e. The summed E-state index contributed by atoms with van der Waals surface area (Å²) in [6.45, 7) is 12.2. The first kappa shape index (κ1) is 15.3. The van der Waals surface area contributed by atoms with Gasteiger partial charge in [0.1, 0.15) is 0 Å². The predicted molar refractivity (Wildman–Crippen MR) is 83.5 cm³/mol. The van der Waals surface area contributed by atoms with Gasteiger partial charge in [-0.25, -0.2) is 0 Å². The van der Waals surface area contributed by atoms with Gasteiger partial charge in [0.2, 0.25) is 0 Å². The average molecular weight is 266 g/mol. The molecule has 1 N–H and O–H groups in total. The predicted octanol–water partition coefficient (Wildman–Crippen LogP) is 3.66. The van der Waals surface area contributed by atoms with E-state index >= 15 is 0 Å². The minimum Gasteiger partial charge on any atom is -0.314 e. The second-order valence-corrected chi connectivity index (χ2v) is 7.10. The zero-order valence-electron chi connectivity index (χ0n) is 13.5. The first-order chi connectivity index (χ1) is 9.13. The zero-order chi connectivity index (χ0) is 13.8. The second kappa shape index (κ2) is 7.08. The molecular formula is C17H34N2. The summed E-state index contributed by atoms with van der Waals surface area (Å²) in [5.41, 5.74) is 0. The standard InChI is InChI=1S/C17H34N2/c1-5-10-18-16-9-11-19(14(3)12-16)17-8-6-7-13(2)15(17)4/h13-18H,5-12H2,1-4H3. The molecule has 0 aromatic rings. The fourth-order valence-electron chi connectivity index (χ4n) is 4.24. The molecule has 0 amide bonds. The van der Waals surface area contributed by atoms with E-state index in [1.165, 1.54) is 51.6 Å². The molecular weight excluding hydrogens is 232 g/mol. The Bertz CT molecular complexity index is 266. The van der Waals surface area contributed by atoms with Crippen molar-refractivity contribution in [3.63, 3.8) is 0 Å². The van der Waals surface area contributed by atoms with Crippen LogP contribution in [0.2, 0.25) is 0 Å². The van der Waals surface area contributed by atoms with Gasteiger partial charge in [0.05, 0.1) is 0 Å². The van der Waals surface area contributed by atoms with E-state index in [0.29, 0.717) is 0 Å². The molecule has 2 aliphatic rings. The lowest BCUT2D eigenvalue weighted by molar-refractivity contribution is 0.0232. The minimum absolute atomic E-state index is 0.765. The Morgan fingerprint density at radius 2 is 1.89 bits per heavy atom. The lowest BCUT2D eigenvalue weighted by atomic mass is 9.76. The molecule has 19 heavy (non-hydrogen) atoms. The molecule has 0 bridgehead atoms. The quantitative estimate of drug-likeness (QED) is 0.835. The van der Waals surface area contributed by atoms with Crippen LogP contribution in [0.25, 0.3) is 0 Å². The Morgan fingerprint density at radius 3 is 2.58 bits per heavy atom. The molecule has 1 saturated carbocycles. The smallest absolute Gasteiger partial charge is 0.0126 e. The van der Waals surface area contributed by atoms with Gasteiger partial charge in [-0.1, -0.05) is 33.6 Å². The second-order valence-electron chi connectivity index (χ2n) is 7.10. The van der Waals surface area contributed by atoms with E-state index < -0.39 is 0 Å². The Morgan fingerprint density at radius 1 is 1.11 bits per heavy atom. The van der Waals surface area contributed by atoms with Crippen molar-refractivity contribution in [3.8, 4) is 0 Å². The zero-order valence-corrected chi connectivity index (χ0v) is 13.5. The number of rotatable bonds is 4. The van der Waals surface area contributed by atoms with Crippen molar-refractivity contribution in [1.29, 1.82) is 0 Å². The summed E-state index contributed by atoms with van der Waals surface area (Å²) >= 11 is 0. The number of nitrogens with zero attached hydrogens (tertiary/aromatic N) is 1. The molecule has 2 rings (SSSR count). The third-order valence-corrected chi connectivity index (χ3v) is 5.70. The maximum absolute atomic E-state index is 3.72. The molecule has 1 heterocycles. The van der Waals surface area contributed by atoms with Crippen LogP contribution in [0.5, 0.6) is 0 Å². The van der Waals surface area contributed by atoms with Crippen LogP contribution in [0.4, 0.5) is 0 Å². The van der Waals surface area contributed by atoms with Gasteiger partial charge < -0.3 is 5.32 Å². The van der Waals surface area contributed by atoms with E-state index in [2.05, 4.69) is 37.9 Å². The molecule has 1 aliphatic heterocycles. The van der Waals surface area contributed by atoms with E-state index in [4.69, 9.17) is 0 Å². The summed E-state index contributed by atoms with van der Waals surface area (Å²) in [6.07, 6.45) is 8.27. The van der Waals surface area contributed by atoms with E-state index in [-0.39, 0.29) is 0 Å². The number of piperidine rings is 1. The van der Waals surface area contributed by atoms with Gasteiger partial charge in [-0.05, 0) is 51.0 Å². The molecule has 1 aliphatic carbocycles. The molecule has 0 aromatic carbocycles. The summed E-state index contributed by atoms with van der Waals surface area (Å²) in [7, 11) is 0. The summed E-state index contributed by atoms with van der Waals surface area (Å²) in [4.78, 5) is 2.84. The van der Waals surface area contributed by atoms with Crippen molar-refractivity contribution in [1.82, 2.24) is 10.2 Å². The first-order valence-electron chi connectivity index (χ1n) is 8.62. The van der Waals surface area contributed by atoms with Crippen LogP contribution >= 0.6 is 0 Å². The molecule has 2 nitrogen and oxygen atoms in total. The van der Waals surface area contributed by atoms with Crippen LogP contribution in [-0.2, 0) is 0 Å². The highest BCUT2D eigenvalue weighted by Gasteiger charge is 2.36. The van der Waals surface area contributed by atoms with Crippen LogP contribution in [-0.4, -0.2) is 36.1 Å². The average Bonchev–Trinajstić information content (AvgIpc) is 2.40. The third-order valence-electron chi connectivity index (χ3n) is 5.70. The minimum atomic E-state index is 0.765. The molecule has 2 heteroatoms. The van der Waals surface area contributed by atoms with Gasteiger partial charge in [-0.3, -0.25) is 4.90 Å². The van der Waals surface area contributed by atoms with Gasteiger partial charge in [-0.15, -0.1) is 0 Å². The third kappa shape index (κ3) is 3.72. The van der Waals surface area contributed by atoms with E-state index in [0.717, 1.165) is 30.0 Å². The Hall–Kier alpha value is -0.0800. The van der Waals surface area contributed by atoms with Crippen molar-refractivity contribution in [3.05, 3.63) is 0 Å². The van der Waals surface area contributed by atoms with Gasteiger partial charge in [-0.2, -0.15) is 0 Å². The first-order valence-corrected chi connectivity index (χ1v) is 8.62. The number of nitrogens with one attached hydrogen (secondary N) is 1. The van der Waals surface area contributed by atoms with Crippen LogP contribution in [0.15, 0.2) is 0 Å². The van der Waals surface area contributed by atoms with Crippen LogP contribution in [0, 0.1) is 11.8 Å². The van der Waals surface area contributed by atoms with Crippen molar-refractivity contribution in [2.24, 2.45) is 11.8 Å². The number of hydrogen-bond donors (Lipinski definition) is 1. The highest BCUT2D eigenvalue weighted by molar-refractivity contribution is 4.91. The lowest BCUT2D eigenvalue weighted by Gasteiger charge is -2.48. The topological polar surface area (TPSA) is 15.3 Å². The molecule has 1 saturated heterocycles. The SMILES string of the molecule is CCCNC1CCN(C2CCCC(C)C2C)C(C)C1. The fraction of sp³-hybridized carbons (Fsp3) is 1.00. The molecule has 0 aromatic heterocycles. The largest absolute Gasteiger partial charge is 0.314 e. The van der Waals surface area contributed by atoms with Crippen LogP contribution in [0.1, 0.15) is 66.2 Å². The summed E-state index contributed by atoms with van der Waals surface area (Å²) in [6, 6.07) is 2.38. The van der Waals surface area contributed by atoms with Crippen LogP contribution in [0.3, 0.4) is 0 Å². The van der Waals surface area contributed by atoms with Crippen molar-refractivity contribution >= 4 is 0 Å². The highest BCUT2D eigenvalue weighted by Crippen LogP contribution is 2.35. The van der Waals surface area contributed by atoms with Gasteiger partial charge in [0, 0.05) is 24.7 Å². The van der Waals surface area contributed by atoms with Crippen molar-refractivity contribution in [2.45, 2.75) is 84.3 Å². The highest BCUT2D eigenvalue weighted by atomic mass is 15.2. The number of hydrogen-bond acceptors (Lipinski definition) is 2. The molecule has 112 valence electrons. The Labute approximate surface area is 120 Å². The van der Waals surface area contributed by atoms with Gasteiger partial charge >= 0.3 is 0 Å². The lowest BCUT2D eigenvalue weighted by Crippen LogP contribution is -2.54. The van der Waals surface area contributed by atoms with Crippen LogP contribution < -0.4 is 5.32 Å².